The molecular weight excluding hydrogens is 303 g/mol. The molecule has 1 unspecified atom stereocenters. The highest BCUT2D eigenvalue weighted by atomic mass is 32.2. The van der Waals surface area contributed by atoms with E-state index in [4.69, 9.17) is 5.73 Å². The molecule has 0 aromatic heterocycles. The Morgan fingerprint density at radius 2 is 1.80 bits per heavy atom. The van der Waals surface area contributed by atoms with E-state index >= 15 is 0 Å². The molecule has 1 aromatic rings. The van der Waals surface area contributed by atoms with Gasteiger partial charge in [0.2, 0.25) is 0 Å². The summed E-state index contributed by atoms with van der Waals surface area (Å²) < 4.78 is 36.9. The molecule has 2 N–H and O–H groups in total. The molecular formula is C14H22F3NS2. The molecule has 1 nitrogen and oxygen atoms in total. The van der Waals surface area contributed by atoms with E-state index in [9.17, 15) is 13.2 Å². The summed E-state index contributed by atoms with van der Waals surface area (Å²) in [6.07, 6.45) is 0. The van der Waals surface area contributed by atoms with Gasteiger partial charge in [-0.05, 0) is 41.9 Å². The molecule has 0 aliphatic rings. The van der Waals surface area contributed by atoms with Crippen LogP contribution in [0.1, 0.15) is 31.9 Å². The van der Waals surface area contributed by atoms with Gasteiger partial charge < -0.3 is 5.73 Å². The van der Waals surface area contributed by atoms with Gasteiger partial charge in [0.25, 0.3) is 0 Å². The minimum Gasteiger partial charge on any atom is -0.329 e. The van der Waals surface area contributed by atoms with Crippen molar-refractivity contribution in [2.45, 2.75) is 49.1 Å². The summed E-state index contributed by atoms with van der Waals surface area (Å²) in [6, 6.07) is 5.07. The number of thioether (sulfide) groups is 2. The molecule has 20 heavy (non-hydrogen) atoms. The van der Waals surface area contributed by atoms with Crippen LogP contribution in [0.4, 0.5) is 13.2 Å². The quantitative estimate of drug-likeness (QED) is 0.752. The van der Waals surface area contributed by atoms with Crippen LogP contribution in [-0.4, -0.2) is 17.3 Å². The normalized spacial score (nSPS) is 12.6. The van der Waals surface area contributed by atoms with Gasteiger partial charge in [0, 0.05) is 22.4 Å². The van der Waals surface area contributed by atoms with E-state index < -0.39 is 5.51 Å². The molecule has 0 spiro atoms. The van der Waals surface area contributed by atoms with E-state index in [0.29, 0.717) is 17.5 Å². The van der Waals surface area contributed by atoms with Crippen molar-refractivity contribution >= 4 is 23.5 Å². The predicted molar refractivity (Wildman–Crippen MR) is 84.3 cm³/mol. The second-order valence-corrected chi connectivity index (χ2v) is 6.62. The van der Waals surface area contributed by atoms with Gasteiger partial charge in [-0.3, -0.25) is 0 Å². The van der Waals surface area contributed by atoms with Gasteiger partial charge in [-0.25, -0.2) is 0 Å². The average molecular weight is 325 g/mol. The molecule has 0 amide bonds. The van der Waals surface area contributed by atoms with Gasteiger partial charge in [-0.1, -0.05) is 26.8 Å². The third kappa shape index (κ3) is 8.76. The van der Waals surface area contributed by atoms with Crippen molar-refractivity contribution in [3.8, 4) is 0 Å². The van der Waals surface area contributed by atoms with Crippen LogP contribution in [0, 0.1) is 6.92 Å². The molecule has 0 saturated carbocycles. The topological polar surface area (TPSA) is 26.0 Å². The number of halogens is 3. The second kappa shape index (κ2) is 9.58. The number of hydrogen-bond donors (Lipinski definition) is 1. The lowest BCUT2D eigenvalue weighted by Crippen LogP contribution is -2.12. The highest BCUT2D eigenvalue weighted by Gasteiger charge is 2.29. The van der Waals surface area contributed by atoms with E-state index in [2.05, 4.69) is 0 Å². The van der Waals surface area contributed by atoms with Crippen molar-refractivity contribution < 1.29 is 13.2 Å². The van der Waals surface area contributed by atoms with Crippen LogP contribution in [-0.2, 0) is 5.75 Å². The highest BCUT2D eigenvalue weighted by molar-refractivity contribution is 8.00. The Labute approximate surface area is 127 Å². The number of nitrogens with two attached hydrogens (primary N) is 1. The zero-order valence-electron chi connectivity index (χ0n) is 12.3. The third-order valence-corrected chi connectivity index (χ3v) is 4.18. The lowest BCUT2D eigenvalue weighted by atomic mass is 10.2. The fourth-order valence-electron chi connectivity index (χ4n) is 1.41. The molecule has 0 bridgehead atoms. The van der Waals surface area contributed by atoms with E-state index in [-0.39, 0.29) is 16.7 Å². The van der Waals surface area contributed by atoms with Crippen LogP contribution in [0.25, 0.3) is 0 Å². The SMILES string of the molecule is CC.Cc1cc(CSC(C)CN)cc(SC(F)(F)F)c1. The molecule has 0 radical (unpaired) electrons. The summed E-state index contributed by atoms with van der Waals surface area (Å²) in [6.45, 7) is 8.38. The minimum absolute atomic E-state index is 0.0649. The number of rotatable bonds is 5. The van der Waals surface area contributed by atoms with Crippen LogP contribution >= 0.6 is 23.5 Å². The van der Waals surface area contributed by atoms with Crippen molar-refractivity contribution in [3.63, 3.8) is 0 Å². The Bertz CT molecular complexity index is 394. The molecule has 0 fully saturated rings. The zero-order valence-corrected chi connectivity index (χ0v) is 13.9. The van der Waals surface area contributed by atoms with Gasteiger partial charge >= 0.3 is 5.51 Å². The lowest BCUT2D eigenvalue weighted by Gasteiger charge is -2.11. The Hall–Kier alpha value is -0.330. The second-order valence-electron chi connectivity index (χ2n) is 4.06. The van der Waals surface area contributed by atoms with Crippen LogP contribution in [0.2, 0.25) is 0 Å². The lowest BCUT2D eigenvalue weighted by molar-refractivity contribution is -0.0328. The predicted octanol–water partition coefficient (Wildman–Crippen LogP) is 5.21. The summed E-state index contributed by atoms with van der Waals surface area (Å²) >= 11 is 1.58. The standard InChI is InChI=1S/C12H16F3NS2.C2H6/c1-8-3-10(7-17-9(2)6-16)5-11(4-8)18-12(13,14)15;1-2/h3-5,9H,6-7,16H2,1-2H3;1-2H3. The van der Waals surface area contributed by atoms with Gasteiger partial charge in [0.15, 0.2) is 0 Å². The first-order chi connectivity index (χ1) is 9.30. The number of benzene rings is 1. The van der Waals surface area contributed by atoms with E-state index in [0.717, 1.165) is 11.1 Å². The van der Waals surface area contributed by atoms with Crippen LogP contribution in [0.5, 0.6) is 0 Å². The molecule has 116 valence electrons. The Morgan fingerprint density at radius 1 is 1.20 bits per heavy atom. The molecule has 0 aliphatic carbocycles. The third-order valence-electron chi connectivity index (χ3n) is 2.21. The van der Waals surface area contributed by atoms with Gasteiger partial charge in [-0.2, -0.15) is 24.9 Å². The van der Waals surface area contributed by atoms with Crippen molar-refractivity contribution in [1.29, 1.82) is 0 Å². The highest BCUT2D eigenvalue weighted by Crippen LogP contribution is 2.37. The van der Waals surface area contributed by atoms with Crippen molar-refractivity contribution in [2.75, 3.05) is 6.54 Å². The van der Waals surface area contributed by atoms with Crippen molar-refractivity contribution in [2.24, 2.45) is 5.73 Å². The van der Waals surface area contributed by atoms with E-state index in [1.54, 1.807) is 30.8 Å². The molecule has 0 heterocycles. The van der Waals surface area contributed by atoms with Crippen LogP contribution < -0.4 is 5.73 Å². The molecule has 6 heteroatoms. The maximum absolute atomic E-state index is 12.3. The fraction of sp³-hybridized carbons (Fsp3) is 0.571. The largest absolute Gasteiger partial charge is 0.446 e. The summed E-state index contributed by atoms with van der Waals surface area (Å²) in [5.41, 5.74) is 3.03. The van der Waals surface area contributed by atoms with Gasteiger partial charge in [0.1, 0.15) is 0 Å². The van der Waals surface area contributed by atoms with Crippen LogP contribution in [0.15, 0.2) is 23.1 Å². The molecule has 1 atom stereocenters. The smallest absolute Gasteiger partial charge is 0.329 e. The Balaban J connectivity index is 0.00000172. The first-order valence-corrected chi connectivity index (χ1v) is 8.34. The molecule has 0 aliphatic heterocycles. The molecule has 1 aromatic carbocycles. The van der Waals surface area contributed by atoms with Crippen molar-refractivity contribution in [3.05, 3.63) is 29.3 Å². The fourth-order valence-corrected chi connectivity index (χ4v) is 2.91. The summed E-state index contributed by atoms with van der Waals surface area (Å²) in [5, 5.41) is 0.309. The number of aryl methyl sites for hydroxylation is 1. The monoisotopic (exact) mass is 325 g/mol. The van der Waals surface area contributed by atoms with Gasteiger partial charge in [-0.15, -0.1) is 0 Å². The minimum atomic E-state index is -4.23. The van der Waals surface area contributed by atoms with Crippen LogP contribution in [0.3, 0.4) is 0 Å². The van der Waals surface area contributed by atoms with E-state index in [1.807, 2.05) is 26.8 Å². The van der Waals surface area contributed by atoms with E-state index in [1.165, 1.54) is 0 Å². The molecule has 0 saturated heterocycles. The molecule has 1 rings (SSSR count). The first-order valence-electron chi connectivity index (χ1n) is 6.48. The maximum Gasteiger partial charge on any atom is 0.446 e. The summed E-state index contributed by atoms with van der Waals surface area (Å²) in [7, 11) is 0. The maximum atomic E-state index is 12.3. The summed E-state index contributed by atoms with van der Waals surface area (Å²) in [4.78, 5) is 0.249. The number of hydrogen-bond acceptors (Lipinski definition) is 3. The summed E-state index contributed by atoms with van der Waals surface area (Å²) in [5.74, 6) is 0.686. The van der Waals surface area contributed by atoms with Crippen molar-refractivity contribution in [1.82, 2.24) is 0 Å². The average Bonchev–Trinajstić information content (AvgIpc) is 2.35. The first kappa shape index (κ1) is 19.7. The zero-order chi connectivity index (χ0) is 15.8. The Kier molecular flexibility index (Phi) is 9.42. The number of alkyl halides is 3. The Morgan fingerprint density at radius 3 is 2.30 bits per heavy atom. The van der Waals surface area contributed by atoms with Gasteiger partial charge in [0.05, 0.1) is 0 Å².